The molecule has 1 fully saturated rings. The van der Waals surface area contributed by atoms with E-state index in [1.165, 1.54) is 31.4 Å². The van der Waals surface area contributed by atoms with Gasteiger partial charge in [-0.25, -0.2) is 4.39 Å². The minimum Gasteiger partial charge on any atom is -0.385 e. The molecule has 1 aliphatic heterocycles. The fourth-order valence-electron chi connectivity index (χ4n) is 2.13. The topological polar surface area (TPSA) is 24.1 Å². The first-order valence-corrected chi connectivity index (χ1v) is 6.07. The van der Waals surface area contributed by atoms with Crippen LogP contribution in [0.2, 0.25) is 0 Å². The Morgan fingerprint density at radius 1 is 1.25 bits per heavy atom. The van der Waals surface area contributed by atoms with Gasteiger partial charge in [0.05, 0.1) is 0 Å². The van der Waals surface area contributed by atoms with Crippen molar-refractivity contribution in [3.8, 4) is 0 Å². The van der Waals surface area contributed by atoms with Crippen LogP contribution in [0, 0.1) is 5.82 Å². The molecule has 2 N–H and O–H groups in total. The Morgan fingerprint density at radius 3 is 2.75 bits per heavy atom. The van der Waals surface area contributed by atoms with Crippen LogP contribution in [0.4, 0.5) is 10.1 Å². The number of piperidine rings is 1. The number of benzene rings is 1. The van der Waals surface area contributed by atoms with Crippen LogP contribution in [0.15, 0.2) is 24.3 Å². The summed E-state index contributed by atoms with van der Waals surface area (Å²) < 4.78 is 12.7. The molecule has 1 saturated heterocycles. The first-order chi connectivity index (χ1) is 7.84. The number of hydrogen-bond donors (Lipinski definition) is 2. The van der Waals surface area contributed by atoms with Crippen molar-refractivity contribution in [3.05, 3.63) is 30.1 Å². The predicted molar refractivity (Wildman–Crippen MR) is 65.1 cm³/mol. The van der Waals surface area contributed by atoms with Gasteiger partial charge in [0, 0.05) is 18.3 Å². The number of hydrogen-bond acceptors (Lipinski definition) is 2. The lowest BCUT2D eigenvalue weighted by molar-refractivity contribution is 0.389. The molecule has 0 bridgehead atoms. The van der Waals surface area contributed by atoms with Crippen LogP contribution < -0.4 is 10.6 Å². The number of anilines is 1. The van der Waals surface area contributed by atoms with E-state index in [0.717, 1.165) is 25.2 Å². The van der Waals surface area contributed by atoms with Crippen molar-refractivity contribution < 1.29 is 4.39 Å². The highest BCUT2D eigenvalue weighted by molar-refractivity contribution is 5.42. The van der Waals surface area contributed by atoms with Gasteiger partial charge < -0.3 is 10.6 Å². The predicted octanol–water partition coefficient (Wildman–Crippen LogP) is 2.77. The van der Waals surface area contributed by atoms with E-state index in [2.05, 4.69) is 10.6 Å². The molecule has 0 saturated carbocycles. The molecule has 1 unspecified atom stereocenters. The molecule has 88 valence electrons. The lowest BCUT2D eigenvalue weighted by Gasteiger charge is -2.23. The Bertz CT molecular complexity index is 304. The number of halogens is 1. The molecule has 1 aromatic carbocycles. The third-order valence-electron chi connectivity index (χ3n) is 3.08. The Hall–Kier alpha value is -1.09. The van der Waals surface area contributed by atoms with E-state index in [1.807, 2.05) is 0 Å². The van der Waals surface area contributed by atoms with Crippen LogP contribution in [0.25, 0.3) is 0 Å². The number of rotatable bonds is 4. The first-order valence-electron chi connectivity index (χ1n) is 6.07. The maximum atomic E-state index is 12.7. The maximum Gasteiger partial charge on any atom is 0.123 e. The summed E-state index contributed by atoms with van der Waals surface area (Å²) in [7, 11) is 0. The van der Waals surface area contributed by atoms with E-state index < -0.39 is 0 Å². The highest BCUT2D eigenvalue weighted by atomic mass is 19.1. The smallest absolute Gasteiger partial charge is 0.123 e. The Balaban J connectivity index is 1.69. The third-order valence-corrected chi connectivity index (χ3v) is 3.08. The summed E-state index contributed by atoms with van der Waals surface area (Å²) in [5.41, 5.74) is 0.997. The van der Waals surface area contributed by atoms with Crippen molar-refractivity contribution in [2.45, 2.75) is 31.7 Å². The van der Waals surface area contributed by atoms with E-state index in [0.29, 0.717) is 6.04 Å². The Morgan fingerprint density at radius 2 is 2.06 bits per heavy atom. The zero-order valence-electron chi connectivity index (χ0n) is 9.51. The third kappa shape index (κ3) is 3.49. The summed E-state index contributed by atoms with van der Waals surface area (Å²) >= 11 is 0. The molecular formula is C13H19FN2. The minimum atomic E-state index is -0.181. The van der Waals surface area contributed by atoms with Crippen LogP contribution in [0.3, 0.4) is 0 Å². The second-order valence-electron chi connectivity index (χ2n) is 4.37. The van der Waals surface area contributed by atoms with Gasteiger partial charge in [-0.3, -0.25) is 0 Å². The van der Waals surface area contributed by atoms with Crippen LogP contribution in [0.5, 0.6) is 0 Å². The molecule has 0 radical (unpaired) electrons. The van der Waals surface area contributed by atoms with Crippen LogP contribution in [0.1, 0.15) is 25.7 Å². The normalized spacial score (nSPS) is 20.7. The van der Waals surface area contributed by atoms with E-state index in [4.69, 9.17) is 0 Å². The van der Waals surface area contributed by atoms with E-state index in [-0.39, 0.29) is 5.82 Å². The lowest BCUT2D eigenvalue weighted by Crippen LogP contribution is -2.35. The molecule has 0 spiro atoms. The SMILES string of the molecule is Fc1ccc(NCCC2CCCCN2)cc1. The van der Waals surface area contributed by atoms with Crippen molar-refractivity contribution in [2.24, 2.45) is 0 Å². The van der Waals surface area contributed by atoms with Crippen molar-refractivity contribution in [3.63, 3.8) is 0 Å². The zero-order valence-corrected chi connectivity index (χ0v) is 9.51. The number of nitrogens with one attached hydrogen (secondary N) is 2. The molecule has 2 rings (SSSR count). The summed E-state index contributed by atoms with van der Waals surface area (Å²) in [6.07, 6.45) is 5.07. The first kappa shape index (κ1) is 11.4. The fourth-order valence-corrected chi connectivity index (χ4v) is 2.13. The standard InChI is InChI=1S/C13H19FN2/c14-11-4-6-13(7-5-11)16-10-8-12-3-1-2-9-15-12/h4-7,12,15-16H,1-3,8-10H2. The molecule has 3 heteroatoms. The summed E-state index contributed by atoms with van der Waals surface area (Å²) in [5.74, 6) is -0.181. The van der Waals surface area contributed by atoms with Crippen molar-refractivity contribution in [1.29, 1.82) is 0 Å². The van der Waals surface area contributed by atoms with Crippen LogP contribution in [-0.4, -0.2) is 19.1 Å². The molecule has 1 heterocycles. The second-order valence-corrected chi connectivity index (χ2v) is 4.37. The van der Waals surface area contributed by atoms with E-state index >= 15 is 0 Å². The minimum absolute atomic E-state index is 0.181. The van der Waals surface area contributed by atoms with Gasteiger partial charge in [-0.05, 0) is 50.1 Å². The molecule has 2 nitrogen and oxygen atoms in total. The molecular weight excluding hydrogens is 203 g/mol. The fraction of sp³-hybridized carbons (Fsp3) is 0.538. The van der Waals surface area contributed by atoms with Crippen LogP contribution >= 0.6 is 0 Å². The second kappa shape index (κ2) is 5.85. The molecule has 1 aliphatic rings. The lowest BCUT2D eigenvalue weighted by atomic mass is 10.0. The van der Waals surface area contributed by atoms with Gasteiger partial charge in [0.2, 0.25) is 0 Å². The van der Waals surface area contributed by atoms with Gasteiger partial charge in [-0.15, -0.1) is 0 Å². The molecule has 0 aromatic heterocycles. The van der Waals surface area contributed by atoms with Crippen molar-refractivity contribution >= 4 is 5.69 Å². The zero-order chi connectivity index (χ0) is 11.2. The summed E-state index contributed by atoms with van der Waals surface area (Å²) in [6, 6.07) is 7.19. The van der Waals surface area contributed by atoms with Crippen LogP contribution in [-0.2, 0) is 0 Å². The van der Waals surface area contributed by atoms with Gasteiger partial charge in [-0.1, -0.05) is 6.42 Å². The molecule has 0 aliphatic carbocycles. The van der Waals surface area contributed by atoms with Crippen molar-refractivity contribution in [1.82, 2.24) is 5.32 Å². The monoisotopic (exact) mass is 222 g/mol. The largest absolute Gasteiger partial charge is 0.385 e. The van der Waals surface area contributed by atoms with E-state index in [9.17, 15) is 4.39 Å². The quantitative estimate of drug-likeness (QED) is 0.818. The van der Waals surface area contributed by atoms with Gasteiger partial charge in [0.1, 0.15) is 5.82 Å². The van der Waals surface area contributed by atoms with Crippen molar-refractivity contribution in [2.75, 3.05) is 18.4 Å². The Labute approximate surface area is 96.2 Å². The average molecular weight is 222 g/mol. The highest BCUT2D eigenvalue weighted by Crippen LogP contribution is 2.12. The van der Waals surface area contributed by atoms with Gasteiger partial charge in [0.15, 0.2) is 0 Å². The van der Waals surface area contributed by atoms with Gasteiger partial charge in [0.25, 0.3) is 0 Å². The van der Waals surface area contributed by atoms with E-state index in [1.54, 1.807) is 12.1 Å². The Kier molecular flexibility index (Phi) is 4.17. The molecule has 1 aromatic rings. The summed E-state index contributed by atoms with van der Waals surface area (Å²) in [4.78, 5) is 0. The summed E-state index contributed by atoms with van der Waals surface area (Å²) in [6.45, 7) is 2.10. The molecule has 0 amide bonds. The summed E-state index contributed by atoms with van der Waals surface area (Å²) in [5, 5.41) is 6.83. The van der Waals surface area contributed by atoms with Gasteiger partial charge >= 0.3 is 0 Å². The maximum absolute atomic E-state index is 12.7. The molecule has 1 atom stereocenters. The molecule has 16 heavy (non-hydrogen) atoms. The average Bonchev–Trinajstić information content (AvgIpc) is 2.33. The highest BCUT2D eigenvalue weighted by Gasteiger charge is 2.11. The van der Waals surface area contributed by atoms with Gasteiger partial charge in [-0.2, -0.15) is 0 Å².